The van der Waals surface area contributed by atoms with E-state index < -0.39 is 0 Å². The second kappa shape index (κ2) is 9.94. The largest absolute Gasteiger partial charge is 0.454 e. The molecule has 5 rings (SSSR count). The molecule has 1 amide bonds. The number of carbonyl (C=O) groups is 1. The van der Waals surface area contributed by atoms with Gasteiger partial charge in [0.2, 0.25) is 12.7 Å². The molecule has 33 heavy (non-hydrogen) atoms. The van der Waals surface area contributed by atoms with Crippen molar-refractivity contribution in [3.8, 4) is 11.5 Å². The number of para-hydroxylation sites is 1. The summed E-state index contributed by atoms with van der Waals surface area (Å²) >= 11 is 1.46. The maximum atomic E-state index is 12.8. The molecule has 0 unspecified atom stereocenters. The van der Waals surface area contributed by atoms with E-state index in [1.54, 1.807) is 0 Å². The second-order valence-electron chi connectivity index (χ2n) is 8.02. The number of morpholine rings is 1. The van der Waals surface area contributed by atoms with Crippen molar-refractivity contribution >= 4 is 28.6 Å². The summed E-state index contributed by atoms with van der Waals surface area (Å²) in [6.45, 7) is 6.44. The Morgan fingerprint density at radius 3 is 2.82 bits per heavy atom. The van der Waals surface area contributed by atoms with Gasteiger partial charge in [-0.15, -0.1) is 0 Å². The minimum absolute atomic E-state index is 0.0462. The minimum Gasteiger partial charge on any atom is -0.454 e. The third kappa shape index (κ3) is 5.21. The zero-order chi connectivity index (χ0) is 22.6. The van der Waals surface area contributed by atoms with Crippen LogP contribution in [0.15, 0.2) is 47.5 Å². The van der Waals surface area contributed by atoms with Crippen LogP contribution in [0.4, 0.5) is 0 Å². The summed E-state index contributed by atoms with van der Waals surface area (Å²) in [5.74, 6) is 2.17. The number of hydrogen-bond acceptors (Lipinski definition) is 8. The molecular weight excluding hydrogens is 440 g/mol. The third-order valence-electron chi connectivity index (χ3n) is 5.64. The Morgan fingerprint density at radius 2 is 1.94 bits per heavy atom. The van der Waals surface area contributed by atoms with Gasteiger partial charge in [-0.25, -0.2) is 9.97 Å². The number of carbonyl (C=O) groups excluding carboxylic acids is 1. The first-order valence-corrected chi connectivity index (χ1v) is 11.9. The van der Waals surface area contributed by atoms with Gasteiger partial charge in [0.15, 0.2) is 11.5 Å². The monoisotopic (exact) mass is 466 g/mol. The van der Waals surface area contributed by atoms with Crippen LogP contribution >= 0.6 is 11.8 Å². The quantitative estimate of drug-likeness (QED) is 0.420. The second-order valence-corrected chi connectivity index (χ2v) is 9.35. The van der Waals surface area contributed by atoms with E-state index >= 15 is 0 Å². The van der Waals surface area contributed by atoms with Crippen LogP contribution in [0.5, 0.6) is 11.5 Å². The van der Waals surface area contributed by atoms with Gasteiger partial charge in [-0.3, -0.25) is 9.69 Å². The molecule has 3 aromatic rings. The lowest BCUT2D eigenvalue weighted by atomic mass is 10.2. The smallest absolute Gasteiger partial charge is 0.233 e. The van der Waals surface area contributed by atoms with Gasteiger partial charge in [-0.1, -0.05) is 36.0 Å². The van der Waals surface area contributed by atoms with Crippen molar-refractivity contribution in [1.82, 2.24) is 20.2 Å². The first kappa shape index (κ1) is 21.9. The van der Waals surface area contributed by atoms with Crippen LogP contribution in [0, 0.1) is 0 Å². The summed E-state index contributed by atoms with van der Waals surface area (Å²) < 4.78 is 16.2. The van der Waals surface area contributed by atoms with Crippen LogP contribution in [-0.4, -0.2) is 59.1 Å². The maximum Gasteiger partial charge on any atom is 0.233 e. The molecule has 9 heteroatoms. The van der Waals surface area contributed by atoms with Crippen LogP contribution in [0.25, 0.3) is 10.9 Å². The lowest BCUT2D eigenvalue weighted by Gasteiger charge is -2.26. The molecule has 0 saturated carbocycles. The molecule has 2 aromatic carbocycles. The SMILES string of the molecule is C[C@H](Sc1nc(CN2CCOCC2)nc2ccccc12)C(=O)NCc1ccc2c(c1)OCO2. The number of aromatic nitrogens is 2. The summed E-state index contributed by atoms with van der Waals surface area (Å²) in [6.07, 6.45) is 0. The molecule has 0 radical (unpaired) electrons. The molecule has 1 aromatic heterocycles. The summed E-state index contributed by atoms with van der Waals surface area (Å²) in [4.78, 5) is 24.7. The van der Waals surface area contributed by atoms with Crippen LogP contribution in [0.1, 0.15) is 18.3 Å². The third-order valence-corrected chi connectivity index (χ3v) is 6.75. The zero-order valence-electron chi connectivity index (χ0n) is 18.5. The van der Waals surface area contributed by atoms with Crippen molar-refractivity contribution < 1.29 is 19.0 Å². The molecule has 8 nitrogen and oxygen atoms in total. The number of ether oxygens (including phenoxy) is 3. The van der Waals surface area contributed by atoms with Gasteiger partial charge in [0, 0.05) is 25.0 Å². The average Bonchev–Trinajstić information content (AvgIpc) is 3.31. The van der Waals surface area contributed by atoms with Crippen molar-refractivity contribution in [1.29, 1.82) is 0 Å². The molecule has 172 valence electrons. The van der Waals surface area contributed by atoms with Crippen LogP contribution < -0.4 is 14.8 Å². The fourth-order valence-electron chi connectivity index (χ4n) is 3.82. The van der Waals surface area contributed by atoms with Gasteiger partial charge in [0.25, 0.3) is 0 Å². The van der Waals surface area contributed by atoms with E-state index in [-0.39, 0.29) is 18.0 Å². The van der Waals surface area contributed by atoms with E-state index in [9.17, 15) is 4.79 Å². The number of thioether (sulfide) groups is 1. The molecule has 0 aliphatic carbocycles. The lowest BCUT2D eigenvalue weighted by molar-refractivity contribution is -0.120. The number of rotatable bonds is 7. The molecule has 1 fully saturated rings. The summed E-state index contributed by atoms with van der Waals surface area (Å²) in [5, 5.41) is 4.50. The van der Waals surface area contributed by atoms with E-state index in [1.165, 1.54) is 11.8 Å². The van der Waals surface area contributed by atoms with Crippen molar-refractivity contribution in [2.75, 3.05) is 33.1 Å². The number of benzene rings is 2. The van der Waals surface area contributed by atoms with E-state index in [1.807, 2.05) is 49.4 Å². The van der Waals surface area contributed by atoms with Crippen molar-refractivity contribution in [2.45, 2.75) is 30.3 Å². The standard InChI is InChI=1S/C24H26N4O4S/c1-16(23(29)25-13-17-6-7-20-21(12-17)32-15-31-20)33-24-18-4-2-3-5-19(18)26-22(27-24)14-28-8-10-30-11-9-28/h2-7,12,16H,8-11,13-15H2,1H3,(H,25,29)/t16-/m0/s1. The number of nitrogens with one attached hydrogen (secondary N) is 1. The maximum absolute atomic E-state index is 12.8. The first-order chi connectivity index (χ1) is 16.2. The molecule has 1 atom stereocenters. The van der Waals surface area contributed by atoms with E-state index in [0.717, 1.165) is 59.4 Å². The van der Waals surface area contributed by atoms with Gasteiger partial charge >= 0.3 is 0 Å². The Bertz CT molecular complexity index is 1150. The molecule has 0 spiro atoms. The Hall–Kier alpha value is -2.88. The van der Waals surface area contributed by atoms with E-state index in [0.29, 0.717) is 18.8 Å². The summed E-state index contributed by atoms with van der Waals surface area (Å²) in [6, 6.07) is 13.6. The predicted molar refractivity (Wildman–Crippen MR) is 125 cm³/mol. The molecule has 1 saturated heterocycles. The van der Waals surface area contributed by atoms with Crippen molar-refractivity contribution in [3.05, 3.63) is 53.9 Å². The van der Waals surface area contributed by atoms with Crippen molar-refractivity contribution in [3.63, 3.8) is 0 Å². The Labute approximate surface area is 196 Å². The van der Waals surface area contributed by atoms with Crippen molar-refractivity contribution in [2.24, 2.45) is 0 Å². The summed E-state index contributed by atoms with van der Waals surface area (Å²) in [7, 11) is 0. The molecule has 2 aliphatic heterocycles. The minimum atomic E-state index is -0.312. The Balaban J connectivity index is 1.27. The topological polar surface area (TPSA) is 85.8 Å². The fourth-order valence-corrected chi connectivity index (χ4v) is 4.80. The van der Waals surface area contributed by atoms with Crippen LogP contribution in [-0.2, 0) is 22.6 Å². The number of hydrogen-bond donors (Lipinski definition) is 1. The number of fused-ring (bicyclic) bond motifs is 2. The van der Waals surface area contributed by atoms with Gasteiger partial charge in [-0.05, 0) is 30.7 Å². The highest BCUT2D eigenvalue weighted by Gasteiger charge is 2.20. The first-order valence-electron chi connectivity index (χ1n) is 11.0. The van der Waals surface area contributed by atoms with Gasteiger partial charge in [0.1, 0.15) is 10.9 Å². The highest BCUT2D eigenvalue weighted by Crippen LogP contribution is 2.33. The van der Waals surface area contributed by atoms with Crippen LogP contribution in [0.2, 0.25) is 0 Å². The predicted octanol–water partition coefficient (Wildman–Crippen LogP) is 2.99. The normalized spacial score (nSPS) is 16.6. The number of amides is 1. The molecular formula is C24H26N4O4S. The highest BCUT2D eigenvalue weighted by molar-refractivity contribution is 8.00. The fraction of sp³-hybridized carbons (Fsp3) is 0.375. The molecule has 2 aliphatic rings. The number of nitrogens with zero attached hydrogens (tertiary/aromatic N) is 3. The van der Waals surface area contributed by atoms with E-state index in [4.69, 9.17) is 24.2 Å². The van der Waals surface area contributed by atoms with Crippen LogP contribution in [0.3, 0.4) is 0 Å². The van der Waals surface area contributed by atoms with Gasteiger partial charge < -0.3 is 19.5 Å². The average molecular weight is 467 g/mol. The molecule has 1 N–H and O–H groups in total. The van der Waals surface area contributed by atoms with Gasteiger partial charge in [0.05, 0.1) is 30.5 Å². The Kier molecular flexibility index (Phi) is 6.61. The van der Waals surface area contributed by atoms with Gasteiger partial charge in [-0.2, -0.15) is 0 Å². The lowest BCUT2D eigenvalue weighted by Crippen LogP contribution is -2.36. The Morgan fingerprint density at radius 1 is 1.12 bits per heavy atom. The molecule has 0 bridgehead atoms. The molecule has 3 heterocycles. The zero-order valence-corrected chi connectivity index (χ0v) is 19.3. The van der Waals surface area contributed by atoms with E-state index in [2.05, 4.69) is 10.2 Å². The summed E-state index contributed by atoms with van der Waals surface area (Å²) in [5.41, 5.74) is 1.86. The highest BCUT2D eigenvalue weighted by atomic mass is 32.2.